The SMILES string of the molecule is c1ccc(-c2cc(-c3cccc(-c4cccnc4)c3)nc(-c3ccc(-c4ccc5c6c(cccc46)-c4ccccc4-5)cc3)n2)cc1. The molecular weight excluding hydrogens is 558 g/mol. The van der Waals surface area contributed by atoms with Gasteiger partial charge in [-0.3, -0.25) is 4.98 Å². The zero-order valence-corrected chi connectivity index (χ0v) is 24.9. The van der Waals surface area contributed by atoms with Gasteiger partial charge in [-0.25, -0.2) is 9.97 Å². The molecule has 1 aliphatic rings. The highest BCUT2D eigenvalue weighted by Gasteiger charge is 2.22. The summed E-state index contributed by atoms with van der Waals surface area (Å²) < 4.78 is 0. The first-order valence-electron chi connectivity index (χ1n) is 15.5. The number of pyridine rings is 1. The highest BCUT2D eigenvalue weighted by atomic mass is 14.9. The number of aromatic nitrogens is 3. The second-order valence-electron chi connectivity index (χ2n) is 11.7. The zero-order chi connectivity index (χ0) is 30.5. The summed E-state index contributed by atoms with van der Waals surface area (Å²) in [6, 6.07) is 53.5. The minimum absolute atomic E-state index is 0.700. The van der Waals surface area contributed by atoms with Crippen LogP contribution in [-0.2, 0) is 0 Å². The van der Waals surface area contributed by atoms with E-state index >= 15 is 0 Å². The van der Waals surface area contributed by atoms with Crippen molar-refractivity contribution in [2.45, 2.75) is 0 Å². The van der Waals surface area contributed by atoms with Crippen LogP contribution in [0.1, 0.15) is 0 Å². The molecule has 0 aliphatic heterocycles. The monoisotopic (exact) mass is 585 g/mol. The van der Waals surface area contributed by atoms with Crippen LogP contribution in [0.25, 0.3) is 89.2 Å². The minimum atomic E-state index is 0.700. The van der Waals surface area contributed by atoms with Gasteiger partial charge in [0.25, 0.3) is 0 Å². The molecule has 3 nitrogen and oxygen atoms in total. The molecule has 0 spiro atoms. The average molecular weight is 586 g/mol. The van der Waals surface area contributed by atoms with Crippen molar-refractivity contribution in [2.75, 3.05) is 0 Å². The van der Waals surface area contributed by atoms with Crippen molar-refractivity contribution >= 4 is 10.8 Å². The van der Waals surface area contributed by atoms with Crippen molar-refractivity contribution in [3.8, 4) is 78.4 Å². The largest absolute Gasteiger partial charge is 0.264 e. The normalized spacial score (nSPS) is 11.5. The number of hydrogen-bond donors (Lipinski definition) is 0. The summed E-state index contributed by atoms with van der Waals surface area (Å²) in [6.45, 7) is 0. The molecule has 2 heterocycles. The Kier molecular flexibility index (Phi) is 6.14. The van der Waals surface area contributed by atoms with E-state index in [-0.39, 0.29) is 0 Å². The Bertz CT molecular complexity index is 2370. The van der Waals surface area contributed by atoms with Gasteiger partial charge in [0.05, 0.1) is 11.4 Å². The van der Waals surface area contributed by atoms with E-state index in [4.69, 9.17) is 9.97 Å². The first kappa shape index (κ1) is 26.2. The molecular formula is C43H27N3. The van der Waals surface area contributed by atoms with E-state index in [0.29, 0.717) is 5.82 Å². The van der Waals surface area contributed by atoms with Crippen LogP contribution < -0.4 is 0 Å². The van der Waals surface area contributed by atoms with Gasteiger partial charge in [-0.1, -0.05) is 133 Å². The summed E-state index contributed by atoms with van der Waals surface area (Å²) in [4.78, 5) is 14.5. The van der Waals surface area contributed by atoms with Gasteiger partial charge < -0.3 is 0 Å². The second kappa shape index (κ2) is 10.8. The van der Waals surface area contributed by atoms with Crippen LogP contribution in [0.15, 0.2) is 164 Å². The van der Waals surface area contributed by atoms with Crippen LogP contribution >= 0.6 is 0 Å². The molecule has 0 amide bonds. The van der Waals surface area contributed by atoms with Gasteiger partial charge in [0.2, 0.25) is 0 Å². The molecule has 0 bridgehead atoms. The number of rotatable bonds is 5. The summed E-state index contributed by atoms with van der Waals surface area (Å²) >= 11 is 0. The summed E-state index contributed by atoms with van der Waals surface area (Å²) in [5.41, 5.74) is 14.7. The molecule has 0 unspecified atom stereocenters. The molecule has 6 aromatic carbocycles. The van der Waals surface area contributed by atoms with E-state index in [2.05, 4.69) is 132 Å². The summed E-state index contributed by atoms with van der Waals surface area (Å²) in [5, 5.41) is 2.61. The maximum atomic E-state index is 5.11. The lowest BCUT2D eigenvalue weighted by Gasteiger charge is -2.12. The summed E-state index contributed by atoms with van der Waals surface area (Å²) in [6.07, 6.45) is 3.69. The lowest BCUT2D eigenvalue weighted by Crippen LogP contribution is -1.96. The molecule has 0 fully saturated rings. The smallest absolute Gasteiger partial charge is 0.160 e. The predicted molar refractivity (Wildman–Crippen MR) is 189 cm³/mol. The molecule has 0 saturated heterocycles. The van der Waals surface area contributed by atoms with E-state index in [1.54, 1.807) is 6.20 Å². The molecule has 46 heavy (non-hydrogen) atoms. The van der Waals surface area contributed by atoms with Crippen molar-refractivity contribution in [1.82, 2.24) is 15.0 Å². The van der Waals surface area contributed by atoms with Crippen LogP contribution in [0.2, 0.25) is 0 Å². The van der Waals surface area contributed by atoms with Crippen molar-refractivity contribution in [1.29, 1.82) is 0 Å². The number of fused-ring (bicyclic) bond motifs is 3. The van der Waals surface area contributed by atoms with Crippen molar-refractivity contribution < 1.29 is 0 Å². The topological polar surface area (TPSA) is 38.7 Å². The van der Waals surface area contributed by atoms with Crippen molar-refractivity contribution in [3.05, 3.63) is 164 Å². The fourth-order valence-electron chi connectivity index (χ4n) is 6.73. The summed E-state index contributed by atoms with van der Waals surface area (Å²) in [7, 11) is 0. The summed E-state index contributed by atoms with van der Waals surface area (Å²) in [5.74, 6) is 0.700. The van der Waals surface area contributed by atoms with E-state index < -0.39 is 0 Å². The molecule has 2 aromatic heterocycles. The third-order valence-corrected chi connectivity index (χ3v) is 8.95. The third-order valence-electron chi connectivity index (χ3n) is 8.95. The molecule has 0 saturated carbocycles. The van der Waals surface area contributed by atoms with E-state index in [1.165, 1.54) is 44.2 Å². The standard InChI is InChI=1S/C43H27N3/c1-2-9-29(10-3-1)40-26-41(32-12-6-11-31(25-32)33-13-8-24-44-27-33)46-43(45-40)30-20-18-28(19-21-30)34-22-23-39-36-15-5-4-14-35(36)38-17-7-16-37(34)42(38)39/h1-27H. The Labute approximate surface area is 267 Å². The molecule has 8 aromatic rings. The van der Waals surface area contributed by atoms with Crippen molar-refractivity contribution in [3.63, 3.8) is 0 Å². The highest BCUT2D eigenvalue weighted by Crippen LogP contribution is 2.49. The van der Waals surface area contributed by atoms with E-state index in [9.17, 15) is 0 Å². The number of hydrogen-bond acceptors (Lipinski definition) is 3. The van der Waals surface area contributed by atoms with Gasteiger partial charge in [-0.15, -0.1) is 0 Å². The van der Waals surface area contributed by atoms with Gasteiger partial charge in [0.1, 0.15) is 0 Å². The molecule has 0 N–H and O–H groups in total. The van der Waals surface area contributed by atoms with Gasteiger partial charge >= 0.3 is 0 Å². The number of nitrogens with zero attached hydrogens (tertiary/aromatic N) is 3. The molecule has 3 heteroatoms. The van der Waals surface area contributed by atoms with Crippen LogP contribution in [0.4, 0.5) is 0 Å². The third kappa shape index (κ3) is 4.41. The maximum absolute atomic E-state index is 5.11. The molecule has 0 radical (unpaired) electrons. The van der Waals surface area contributed by atoms with E-state index in [1.807, 2.05) is 30.5 Å². The Morgan fingerprint density at radius 1 is 0.348 bits per heavy atom. The van der Waals surface area contributed by atoms with Gasteiger partial charge in [-0.05, 0) is 67.9 Å². The predicted octanol–water partition coefficient (Wildman–Crippen LogP) is 11.0. The van der Waals surface area contributed by atoms with Crippen molar-refractivity contribution in [2.24, 2.45) is 0 Å². The van der Waals surface area contributed by atoms with Gasteiger partial charge in [0.15, 0.2) is 5.82 Å². The Balaban J connectivity index is 1.14. The maximum Gasteiger partial charge on any atom is 0.160 e. The first-order valence-corrected chi connectivity index (χ1v) is 15.5. The molecule has 1 aliphatic carbocycles. The Hall–Kier alpha value is -6.19. The fourth-order valence-corrected chi connectivity index (χ4v) is 6.73. The molecule has 0 atom stereocenters. The molecule has 214 valence electrons. The van der Waals surface area contributed by atoms with Crippen LogP contribution in [0, 0.1) is 0 Å². The average Bonchev–Trinajstić information content (AvgIpc) is 3.47. The number of benzene rings is 6. The van der Waals surface area contributed by atoms with Gasteiger partial charge in [-0.2, -0.15) is 0 Å². The fraction of sp³-hybridized carbons (Fsp3) is 0. The van der Waals surface area contributed by atoms with E-state index in [0.717, 1.165) is 39.2 Å². The lowest BCUT2D eigenvalue weighted by atomic mass is 9.94. The second-order valence-corrected chi connectivity index (χ2v) is 11.7. The van der Waals surface area contributed by atoms with Crippen LogP contribution in [0.3, 0.4) is 0 Å². The Morgan fingerprint density at radius 3 is 1.74 bits per heavy atom. The molecule has 9 rings (SSSR count). The zero-order valence-electron chi connectivity index (χ0n) is 24.9. The Morgan fingerprint density at radius 2 is 0.957 bits per heavy atom. The van der Waals surface area contributed by atoms with Gasteiger partial charge in [0, 0.05) is 34.6 Å². The van der Waals surface area contributed by atoms with Crippen LogP contribution in [0.5, 0.6) is 0 Å². The minimum Gasteiger partial charge on any atom is -0.264 e. The lowest BCUT2D eigenvalue weighted by molar-refractivity contribution is 1.18. The van der Waals surface area contributed by atoms with Crippen LogP contribution in [-0.4, -0.2) is 15.0 Å². The first-order chi connectivity index (χ1) is 22.8. The quantitative estimate of drug-likeness (QED) is 0.202. The highest BCUT2D eigenvalue weighted by molar-refractivity contribution is 6.18.